The summed E-state index contributed by atoms with van der Waals surface area (Å²) in [5.74, 6) is 2.32. The van der Waals surface area contributed by atoms with E-state index in [1.807, 2.05) is 55.5 Å². The summed E-state index contributed by atoms with van der Waals surface area (Å²) < 4.78 is 10.9. The van der Waals surface area contributed by atoms with E-state index in [-0.39, 0.29) is 6.04 Å². The van der Waals surface area contributed by atoms with Gasteiger partial charge in [-0.3, -0.25) is 0 Å². The maximum atomic E-state index is 5.80. The first kappa shape index (κ1) is 12.5. The van der Waals surface area contributed by atoms with Gasteiger partial charge in [0.25, 0.3) is 0 Å². The van der Waals surface area contributed by atoms with Gasteiger partial charge in [-0.2, -0.15) is 0 Å². The second-order valence-electron chi connectivity index (χ2n) is 4.14. The number of methoxy groups -OCH3 is 1. The number of rotatable bonds is 4. The molecule has 0 aromatic heterocycles. The highest BCUT2D eigenvalue weighted by Crippen LogP contribution is 2.25. The minimum Gasteiger partial charge on any atom is -0.497 e. The summed E-state index contributed by atoms with van der Waals surface area (Å²) in [6.45, 7) is 1.96. The van der Waals surface area contributed by atoms with Crippen LogP contribution in [0.3, 0.4) is 0 Å². The highest BCUT2D eigenvalue weighted by Gasteiger charge is 2.01. The Bertz CT molecular complexity index is 506. The average molecular weight is 243 g/mol. The molecule has 2 rings (SSSR count). The number of ether oxygens (including phenoxy) is 2. The lowest BCUT2D eigenvalue weighted by Gasteiger charge is -2.09. The van der Waals surface area contributed by atoms with Crippen LogP contribution in [0.5, 0.6) is 17.2 Å². The first-order valence-electron chi connectivity index (χ1n) is 5.86. The minimum absolute atomic E-state index is 0.0378. The molecular weight excluding hydrogens is 226 g/mol. The van der Waals surface area contributed by atoms with Gasteiger partial charge in [0.1, 0.15) is 17.2 Å². The van der Waals surface area contributed by atoms with Gasteiger partial charge in [0.2, 0.25) is 0 Å². The summed E-state index contributed by atoms with van der Waals surface area (Å²) >= 11 is 0. The molecule has 2 aromatic rings. The van der Waals surface area contributed by atoms with Gasteiger partial charge < -0.3 is 15.2 Å². The Balaban J connectivity index is 2.13. The lowest BCUT2D eigenvalue weighted by molar-refractivity contribution is 0.409. The topological polar surface area (TPSA) is 44.5 Å². The predicted molar refractivity (Wildman–Crippen MR) is 72.1 cm³/mol. The molecule has 0 aliphatic heterocycles. The Kier molecular flexibility index (Phi) is 3.85. The minimum atomic E-state index is 0.0378. The van der Waals surface area contributed by atoms with Crippen molar-refractivity contribution in [3.8, 4) is 17.2 Å². The van der Waals surface area contributed by atoms with Gasteiger partial charge in [-0.15, -0.1) is 0 Å². The van der Waals surface area contributed by atoms with E-state index in [0.29, 0.717) is 0 Å². The molecule has 0 heterocycles. The van der Waals surface area contributed by atoms with Crippen LogP contribution >= 0.6 is 0 Å². The van der Waals surface area contributed by atoms with Gasteiger partial charge in [0.15, 0.2) is 0 Å². The molecule has 0 saturated carbocycles. The molecule has 0 radical (unpaired) electrons. The fourth-order valence-corrected chi connectivity index (χ4v) is 1.64. The van der Waals surface area contributed by atoms with E-state index >= 15 is 0 Å². The van der Waals surface area contributed by atoms with Gasteiger partial charge >= 0.3 is 0 Å². The van der Waals surface area contributed by atoms with E-state index in [9.17, 15) is 0 Å². The smallest absolute Gasteiger partial charge is 0.131 e. The van der Waals surface area contributed by atoms with Crippen LogP contribution in [0.1, 0.15) is 18.5 Å². The van der Waals surface area contributed by atoms with Gasteiger partial charge in [0.05, 0.1) is 7.11 Å². The van der Waals surface area contributed by atoms with E-state index < -0.39 is 0 Å². The molecular formula is C15H17NO2. The summed E-state index contributed by atoms with van der Waals surface area (Å²) in [7, 11) is 1.64. The molecule has 94 valence electrons. The lowest BCUT2D eigenvalue weighted by atomic mass is 10.1. The van der Waals surface area contributed by atoms with Crippen molar-refractivity contribution < 1.29 is 9.47 Å². The normalized spacial score (nSPS) is 11.9. The van der Waals surface area contributed by atoms with Crippen molar-refractivity contribution in [1.29, 1.82) is 0 Å². The molecule has 0 fully saturated rings. The van der Waals surface area contributed by atoms with E-state index in [2.05, 4.69) is 0 Å². The van der Waals surface area contributed by atoms with E-state index in [0.717, 1.165) is 22.8 Å². The number of benzene rings is 2. The number of hydrogen-bond donors (Lipinski definition) is 1. The number of hydrogen-bond acceptors (Lipinski definition) is 3. The molecule has 0 spiro atoms. The molecule has 0 bridgehead atoms. The van der Waals surface area contributed by atoms with Crippen molar-refractivity contribution in [1.82, 2.24) is 0 Å². The van der Waals surface area contributed by atoms with E-state index in [1.54, 1.807) is 7.11 Å². The third-order valence-electron chi connectivity index (χ3n) is 2.68. The summed E-state index contributed by atoms with van der Waals surface area (Å²) in [5, 5.41) is 0. The van der Waals surface area contributed by atoms with Crippen LogP contribution in [0.4, 0.5) is 0 Å². The first-order chi connectivity index (χ1) is 8.69. The van der Waals surface area contributed by atoms with Crippen molar-refractivity contribution in [2.24, 2.45) is 5.73 Å². The van der Waals surface area contributed by atoms with Crippen molar-refractivity contribution in [2.45, 2.75) is 13.0 Å². The van der Waals surface area contributed by atoms with Gasteiger partial charge in [-0.1, -0.05) is 18.2 Å². The van der Waals surface area contributed by atoms with Gasteiger partial charge in [-0.05, 0) is 36.8 Å². The van der Waals surface area contributed by atoms with Crippen LogP contribution < -0.4 is 15.2 Å². The quantitative estimate of drug-likeness (QED) is 0.893. The summed E-state index contributed by atoms with van der Waals surface area (Å²) in [6, 6.07) is 15.3. The van der Waals surface area contributed by atoms with Gasteiger partial charge in [0, 0.05) is 12.1 Å². The fourth-order valence-electron chi connectivity index (χ4n) is 1.64. The van der Waals surface area contributed by atoms with Crippen LogP contribution in [0.2, 0.25) is 0 Å². The third kappa shape index (κ3) is 3.02. The first-order valence-corrected chi connectivity index (χ1v) is 5.86. The molecule has 2 aromatic carbocycles. The molecule has 3 nitrogen and oxygen atoms in total. The lowest BCUT2D eigenvalue weighted by Crippen LogP contribution is -2.04. The third-order valence-corrected chi connectivity index (χ3v) is 2.68. The molecule has 0 aliphatic carbocycles. The van der Waals surface area contributed by atoms with Crippen LogP contribution in [-0.2, 0) is 0 Å². The largest absolute Gasteiger partial charge is 0.497 e. The van der Waals surface area contributed by atoms with Crippen LogP contribution in [0.15, 0.2) is 48.5 Å². The van der Waals surface area contributed by atoms with Gasteiger partial charge in [-0.25, -0.2) is 0 Å². The van der Waals surface area contributed by atoms with Crippen LogP contribution in [0.25, 0.3) is 0 Å². The monoisotopic (exact) mass is 243 g/mol. The molecule has 1 unspecified atom stereocenters. The Hall–Kier alpha value is -2.00. The Morgan fingerprint density at radius 2 is 1.61 bits per heavy atom. The van der Waals surface area contributed by atoms with E-state index in [4.69, 9.17) is 15.2 Å². The molecule has 2 N–H and O–H groups in total. The summed E-state index contributed by atoms with van der Waals surface area (Å²) in [4.78, 5) is 0. The molecule has 18 heavy (non-hydrogen) atoms. The molecule has 0 saturated heterocycles. The molecule has 3 heteroatoms. The zero-order valence-electron chi connectivity index (χ0n) is 10.6. The predicted octanol–water partition coefficient (Wildman–Crippen LogP) is 3.51. The molecule has 1 atom stereocenters. The second kappa shape index (κ2) is 5.56. The van der Waals surface area contributed by atoms with E-state index in [1.165, 1.54) is 0 Å². The number of nitrogens with two attached hydrogens (primary N) is 1. The maximum Gasteiger partial charge on any atom is 0.131 e. The van der Waals surface area contributed by atoms with Crippen molar-refractivity contribution >= 4 is 0 Å². The van der Waals surface area contributed by atoms with Crippen LogP contribution in [0, 0.1) is 0 Å². The molecule has 0 aliphatic rings. The van der Waals surface area contributed by atoms with Crippen molar-refractivity contribution in [3.63, 3.8) is 0 Å². The average Bonchev–Trinajstić information content (AvgIpc) is 2.39. The second-order valence-corrected chi connectivity index (χ2v) is 4.14. The van der Waals surface area contributed by atoms with Crippen LogP contribution in [-0.4, -0.2) is 7.11 Å². The summed E-state index contributed by atoms with van der Waals surface area (Å²) in [6.07, 6.45) is 0. The zero-order valence-corrected chi connectivity index (χ0v) is 10.6. The molecule has 0 amide bonds. The van der Waals surface area contributed by atoms with Crippen molar-refractivity contribution in [3.05, 3.63) is 54.1 Å². The zero-order chi connectivity index (χ0) is 13.0. The Morgan fingerprint density at radius 3 is 2.22 bits per heavy atom. The fraction of sp³-hybridized carbons (Fsp3) is 0.200. The standard InChI is InChI=1S/C15H17NO2/c1-11(16)12-6-8-13(9-7-12)18-15-5-3-4-14(10-15)17-2/h3-11H,16H2,1-2H3. The van der Waals surface area contributed by atoms with Crippen molar-refractivity contribution in [2.75, 3.05) is 7.11 Å². The highest BCUT2D eigenvalue weighted by atomic mass is 16.5. The summed E-state index contributed by atoms with van der Waals surface area (Å²) in [5.41, 5.74) is 6.89. The SMILES string of the molecule is COc1cccc(Oc2ccc(C(C)N)cc2)c1. The maximum absolute atomic E-state index is 5.80. The Morgan fingerprint density at radius 1 is 0.944 bits per heavy atom. The Labute approximate surface area is 107 Å². The highest BCUT2D eigenvalue weighted by molar-refractivity contribution is 5.37.